The van der Waals surface area contributed by atoms with Crippen molar-refractivity contribution in [1.29, 1.82) is 0 Å². The zero-order valence-corrected chi connectivity index (χ0v) is 11.0. The molecule has 0 bridgehead atoms. The second-order valence-corrected chi connectivity index (χ2v) is 4.49. The number of ether oxygens (including phenoxy) is 1. The molecular weight excluding hydrogens is 266 g/mol. The Morgan fingerprint density at radius 3 is 2.69 bits per heavy atom. The van der Waals surface area contributed by atoms with E-state index in [0.29, 0.717) is 6.61 Å². The summed E-state index contributed by atoms with van der Waals surface area (Å²) >= 11 is 3.52. The summed E-state index contributed by atoms with van der Waals surface area (Å²) in [6.45, 7) is 4.73. The number of hydrogen-bond acceptors (Lipinski definition) is 2. The molecule has 0 aliphatic rings. The molecule has 0 saturated heterocycles. The summed E-state index contributed by atoms with van der Waals surface area (Å²) in [5, 5.41) is 2.33. The predicted octanol–water partition coefficient (Wildman–Crippen LogP) is 4.09. The summed E-state index contributed by atoms with van der Waals surface area (Å²) < 4.78 is 6.62. The van der Waals surface area contributed by atoms with Crippen molar-refractivity contribution < 1.29 is 4.74 Å². The zero-order chi connectivity index (χ0) is 11.5. The molecule has 0 N–H and O–H groups in total. The highest BCUT2D eigenvalue weighted by atomic mass is 79.9. The molecule has 16 heavy (non-hydrogen) atoms. The maximum atomic E-state index is 5.60. The Morgan fingerprint density at radius 1 is 1.31 bits per heavy atom. The molecule has 1 heterocycles. The minimum atomic E-state index is 0.0306. The second-order valence-electron chi connectivity index (χ2n) is 3.63. The molecule has 0 aliphatic carbocycles. The highest BCUT2D eigenvalue weighted by molar-refractivity contribution is 9.10. The lowest BCUT2D eigenvalue weighted by molar-refractivity contribution is 0.0745. The Kier molecular flexibility index (Phi) is 3.56. The van der Waals surface area contributed by atoms with Gasteiger partial charge in [-0.05, 0) is 35.2 Å². The minimum absolute atomic E-state index is 0.0306. The van der Waals surface area contributed by atoms with Gasteiger partial charge in [-0.1, -0.05) is 24.3 Å². The Labute approximate surface area is 104 Å². The van der Waals surface area contributed by atoms with Crippen molar-refractivity contribution in [3.8, 4) is 0 Å². The van der Waals surface area contributed by atoms with Gasteiger partial charge in [-0.3, -0.25) is 4.98 Å². The molecular formula is C13H14BrNO. The van der Waals surface area contributed by atoms with Gasteiger partial charge in [-0.15, -0.1) is 0 Å². The number of benzene rings is 1. The Balaban J connectivity index is 2.58. The van der Waals surface area contributed by atoms with E-state index in [1.165, 1.54) is 5.39 Å². The third kappa shape index (κ3) is 2.11. The quantitative estimate of drug-likeness (QED) is 0.844. The van der Waals surface area contributed by atoms with Crippen LogP contribution in [-0.4, -0.2) is 11.6 Å². The maximum Gasteiger partial charge on any atom is 0.0972 e. The van der Waals surface area contributed by atoms with Crippen LogP contribution >= 0.6 is 15.9 Å². The average Bonchev–Trinajstić information content (AvgIpc) is 2.30. The monoisotopic (exact) mass is 279 g/mol. The van der Waals surface area contributed by atoms with Crippen LogP contribution in [0.3, 0.4) is 0 Å². The van der Waals surface area contributed by atoms with Crippen molar-refractivity contribution in [2.75, 3.05) is 6.61 Å². The summed E-state index contributed by atoms with van der Waals surface area (Å²) in [5.41, 5.74) is 1.00. The van der Waals surface area contributed by atoms with E-state index < -0.39 is 0 Å². The van der Waals surface area contributed by atoms with E-state index in [1.54, 1.807) is 0 Å². The first-order valence-corrected chi connectivity index (χ1v) is 6.18. The predicted molar refractivity (Wildman–Crippen MR) is 69.5 cm³/mol. The number of pyridine rings is 1. The van der Waals surface area contributed by atoms with Crippen LogP contribution in [0, 0.1) is 0 Å². The number of aromatic nitrogens is 1. The van der Waals surface area contributed by atoms with Gasteiger partial charge >= 0.3 is 0 Å². The van der Waals surface area contributed by atoms with Crippen LogP contribution < -0.4 is 0 Å². The molecule has 1 atom stereocenters. The third-order valence-electron chi connectivity index (χ3n) is 2.58. The van der Waals surface area contributed by atoms with Gasteiger partial charge in [0.25, 0.3) is 0 Å². The van der Waals surface area contributed by atoms with Crippen LogP contribution in [0.1, 0.15) is 25.6 Å². The van der Waals surface area contributed by atoms with Gasteiger partial charge < -0.3 is 4.74 Å². The first-order chi connectivity index (χ1) is 7.74. The van der Waals surface area contributed by atoms with Crippen LogP contribution in [0.15, 0.2) is 34.9 Å². The van der Waals surface area contributed by atoms with E-state index in [-0.39, 0.29) is 6.10 Å². The molecule has 1 aromatic heterocycles. The molecule has 3 heteroatoms. The van der Waals surface area contributed by atoms with Crippen molar-refractivity contribution in [2.24, 2.45) is 0 Å². The van der Waals surface area contributed by atoms with Gasteiger partial charge in [-0.25, -0.2) is 0 Å². The average molecular weight is 280 g/mol. The van der Waals surface area contributed by atoms with Crippen LogP contribution in [0.5, 0.6) is 0 Å². The van der Waals surface area contributed by atoms with E-state index in [0.717, 1.165) is 15.6 Å². The molecule has 0 spiro atoms. The van der Waals surface area contributed by atoms with Gasteiger partial charge in [0.05, 0.1) is 11.8 Å². The lowest BCUT2D eigenvalue weighted by Crippen LogP contribution is -2.03. The van der Waals surface area contributed by atoms with Crippen LogP contribution in [-0.2, 0) is 4.74 Å². The Hall–Kier alpha value is -0.930. The summed E-state index contributed by atoms with van der Waals surface area (Å²) in [7, 11) is 0. The number of fused-ring (bicyclic) bond motifs is 1. The molecule has 2 aromatic rings. The van der Waals surface area contributed by atoms with Crippen LogP contribution in [0.2, 0.25) is 0 Å². The van der Waals surface area contributed by atoms with Gasteiger partial charge in [-0.2, -0.15) is 0 Å². The van der Waals surface area contributed by atoms with E-state index in [2.05, 4.69) is 33.0 Å². The minimum Gasteiger partial charge on any atom is -0.372 e. The fourth-order valence-electron chi connectivity index (χ4n) is 1.83. The highest BCUT2D eigenvalue weighted by Crippen LogP contribution is 2.29. The summed E-state index contributed by atoms with van der Waals surface area (Å²) in [5.74, 6) is 0. The summed E-state index contributed by atoms with van der Waals surface area (Å²) in [4.78, 5) is 4.45. The van der Waals surface area contributed by atoms with E-state index in [4.69, 9.17) is 4.74 Å². The Morgan fingerprint density at radius 2 is 2.00 bits per heavy atom. The first-order valence-electron chi connectivity index (χ1n) is 5.38. The largest absolute Gasteiger partial charge is 0.372 e. The van der Waals surface area contributed by atoms with E-state index >= 15 is 0 Å². The molecule has 2 nitrogen and oxygen atoms in total. The number of nitrogens with zero attached hydrogens (tertiary/aromatic N) is 1. The fourth-order valence-corrected chi connectivity index (χ4v) is 2.28. The Bertz CT molecular complexity index is 498. The molecule has 1 unspecified atom stereocenters. The molecule has 0 aliphatic heterocycles. The van der Waals surface area contributed by atoms with Crippen LogP contribution in [0.25, 0.3) is 10.8 Å². The van der Waals surface area contributed by atoms with Crippen LogP contribution in [0.4, 0.5) is 0 Å². The van der Waals surface area contributed by atoms with Gasteiger partial charge in [0, 0.05) is 22.7 Å². The molecule has 1 aromatic carbocycles. The molecule has 0 saturated carbocycles. The number of rotatable bonds is 3. The normalized spacial score (nSPS) is 12.9. The molecule has 0 fully saturated rings. The summed E-state index contributed by atoms with van der Waals surface area (Å²) in [6.07, 6.45) is 1.87. The van der Waals surface area contributed by atoms with Crippen molar-refractivity contribution in [1.82, 2.24) is 4.98 Å². The van der Waals surface area contributed by atoms with E-state index in [1.807, 2.05) is 32.2 Å². The lowest BCUT2D eigenvalue weighted by Gasteiger charge is -2.14. The molecule has 0 radical (unpaired) electrons. The maximum absolute atomic E-state index is 5.60. The molecule has 84 valence electrons. The van der Waals surface area contributed by atoms with E-state index in [9.17, 15) is 0 Å². The first kappa shape index (κ1) is 11.6. The fraction of sp³-hybridized carbons (Fsp3) is 0.308. The highest BCUT2D eigenvalue weighted by Gasteiger charge is 2.12. The second kappa shape index (κ2) is 4.93. The third-order valence-corrected chi connectivity index (χ3v) is 3.21. The molecule has 2 rings (SSSR count). The van der Waals surface area contributed by atoms with Gasteiger partial charge in [0.15, 0.2) is 0 Å². The topological polar surface area (TPSA) is 22.1 Å². The van der Waals surface area contributed by atoms with Crippen molar-refractivity contribution >= 4 is 26.7 Å². The van der Waals surface area contributed by atoms with Crippen molar-refractivity contribution in [3.63, 3.8) is 0 Å². The molecule has 0 amide bonds. The van der Waals surface area contributed by atoms with Gasteiger partial charge in [0.1, 0.15) is 0 Å². The smallest absolute Gasteiger partial charge is 0.0972 e. The number of hydrogen-bond donors (Lipinski definition) is 0. The summed E-state index contributed by atoms with van der Waals surface area (Å²) in [6, 6.07) is 8.22. The SMILES string of the molecule is CCOC(C)c1ncc(Br)c2ccccc12. The van der Waals surface area contributed by atoms with Crippen molar-refractivity contribution in [2.45, 2.75) is 20.0 Å². The van der Waals surface area contributed by atoms with Crippen molar-refractivity contribution in [3.05, 3.63) is 40.6 Å². The standard InChI is InChI=1S/C13H14BrNO/c1-3-16-9(2)13-11-7-5-4-6-10(11)12(14)8-15-13/h4-9H,3H2,1-2H3. The number of halogens is 1. The lowest BCUT2D eigenvalue weighted by atomic mass is 10.1. The van der Waals surface area contributed by atoms with Gasteiger partial charge in [0.2, 0.25) is 0 Å². The zero-order valence-electron chi connectivity index (χ0n) is 9.40.